The van der Waals surface area contributed by atoms with Gasteiger partial charge in [0.1, 0.15) is 5.82 Å². The molecule has 0 saturated carbocycles. The van der Waals surface area contributed by atoms with Crippen molar-refractivity contribution in [2.75, 3.05) is 24.1 Å². The van der Waals surface area contributed by atoms with Gasteiger partial charge in [0.2, 0.25) is 5.95 Å². The molecule has 6 heteroatoms. The number of hydrogen-bond donors (Lipinski definition) is 2. The van der Waals surface area contributed by atoms with Crippen LogP contribution in [0.2, 0.25) is 5.02 Å². The van der Waals surface area contributed by atoms with E-state index < -0.39 is 0 Å². The van der Waals surface area contributed by atoms with E-state index in [1.807, 2.05) is 24.3 Å². The zero-order chi connectivity index (χ0) is 20.2. The summed E-state index contributed by atoms with van der Waals surface area (Å²) in [5.74, 6) is 1.01. The molecule has 0 bridgehead atoms. The monoisotopic (exact) mass is 405 g/mol. The lowest BCUT2D eigenvalue weighted by molar-refractivity contribution is 0.271. The van der Waals surface area contributed by atoms with Gasteiger partial charge >= 0.3 is 0 Å². The molecule has 1 aromatic heterocycles. The quantitative estimate of drug-likeness (QED) is 0.560. The minimum Gasteiger partial charge on any atom is -0.368 e. The number of rotatable bonds is 6. The molecule has 0 radical (unpaired) electrons. The SMILES string of the molecule is CCC(Nc1nc(N)ncc1-c1cccc(-c2cccc(Cl)c2)c1)N1CC=CC1. The topological polar surface area (TPSA) is 67.1 Å². The molecule has 1 unspecified atom stereocenters. The van der Waals surface area contributed by atoms with Gasteiger partial charge in [0.25, 0.3) is 0 Å². The minimum absolute atomic E-state index is 0.175. The fraction of sp³-hybridized carbons (Fsp3) is 0.217. The van der Waals surface area contributed by atoms with E-state index >= 15 is 0 Å². The highest BCUT2D eigenvalue weighted by Crippen LogP contribution is 2.31. The Kier molecular flexibility index (Phi) is 5.79. The molecule has 3 aromatic rings. The smallest absolute Gasteiger partial charge is 0.221 e. The summed E-state index contributed by atoms with van der Waals surface area (Å²) in [7, 11) is 0. The summed E-state index contributed by atoms with van der Waals surface area (Å²) in [4.78, 5) is 11.1. The van der Waals surface area contributed by atoms with Gasteiger partial charge in [-0.15, -0.1) is 0 Å². The molecule has 3 N–H and O–H groups in total. The van der Waals surface area contributed by atoms with E-state index in [0.29, 0.717) is 0 Å². The molecule has 4 rings (SSSR count). The van der Waals surface area contributed by atoms with E-state index in [2.05, 4.69) is 63.5 Å². The fourth-order valence-electron chi connectivity index (χ4n) is 3.61. The number of hydrogen-bond acceptors (Lipinski definition) is 5. The predicted octanol–water partition coefficient (Wildman–Crippen LogP) is 5.07. The van der Waals surface area contributed by atoms with Gasteiger partial charge in [-0.1, -0.05) is 61.0 Å². The summed E-state index contributed by atoms with van der Waals surface area (Å²) in [6.07, 6.45) is 7.29. The van der Waals surface area contributed by atoms with Crippen molar-refractivity contribution in [3.8, 4) is 22.3 Å². The van der Waals surface area contributed by atoms with Crippen molar-refractivity contribution in [1.29, 1.82) is 0 Å². The van der Waals surface area contributed by atoms with Gasteiger partial charge in [-0.3, -0.25) is 4.90 Å². The molecule has 0 aliphatic carbocycles. The average Bonchev–Trinajstić information content (AvgIpc) is 3.27. The van der Waals surface area contributed by atoms with E-state index in [0.717, 1.165) is 52.6 Å². The van der Waals surface area contributed by atoms with Gasteiger partial charge in [0.15, 0.2) is 0 Å². The third-order valence-corrected chi connectivity index (χ3v) is 5.35. The van der Waals surface area contributed by atoms with Gasteiger partial charge in [-0.05, 0) is 41.3 Å². The number of nitrogen functional groups attached to an aromatic ring is 1. The number of halogens is 1. The lowest BCUT2D eigenvalue weighted by Gasteiger charge is -2.28. The third-order valence-electron chi connectivity index (χ3n) is 5.12. The first-order chi connectivity index (χ1) is 14.1. The summed E-state index contributed by atoms with van der Waals surface area (Å²) in [6.45, 7) is 4.04. The van der Waals surface area contributed by atoms with Crippen LogP contribution >= 0.6 is 11.6 Å². The molecule has 148 valence electrons. The average molecular weight is 406 g/mol. The zero-order valence-electron chi connectivity index (χ0n) is 16.3. The Labute approximate surface area is 176 Å². The standard InChI is InChI=1S/C23H24ClN5/c1-2-21(29-11-3-4-12-29)27-22-20(15-26-23(25)28-22)18-9-5-7-16(13-18)17-8-6-10-19(24)14-17/h3-10,13-15,21H,2,11-12H2,1H3,(H3,25,26,27,28). The van der Waals surface area contributed by atoms with E-state index in [9.17, 15) is 0 Å². The first-order valence-electron chi connectivity index (χ1n) is 9.78. The predicted molar refractivity (Wildman–Crippen MR) is 121 cm³/mol. The van der Waals surface area contributed by atoms with Gasteiger partial charge in [0, 0.05) is 29.9 Å². The minimum atomic E-state index is 0.175. The first-order valence-corrected chi connectivity index (χ1v) is 10.2. The normalized spacial score (nSPS) is 14.8. The number of aromatic nitrogens is 2. The largest absolute Gasteiger partial charge is 0.368 e. The summed E-state index contributed by atoms with van der Waals surface area (Å²) in [6, 6.07) is 16.2. The fourth-order valence-corrected chi connectivity index (χ4v) is 3.80. The van der Waals surface area contributed by atoms with Crippen molar-refractivity contribution in [3.05, 3.63) is 71.9 Å². The van der Waals surface area contributed by atoms with Crippen molar-refractivity contribution >= 4 is 23.4 Å². The summed E-state index contributed by atoms with van der Waals surface area (Å²) in [5, 5.41) is 4.30. The second-order valence-electron chi connectivity index (χ2n) is 7.08. The van der Waals surface area contributed by atoms with Gasteiger partial charge in [-0.25, -0.2) is 4.98 Å². The van der Waals surface area contributed by atoms with E-state index in [-0.39, 0.29) is 12.1 Å². The Bertz CT molecular complexity index is 1030. The molecule has 0 spiro atoms. The van der Waals surface area contributed by atoms with Crippen LogP contribution in [0, 0.1) is 0 Å². The number of benzene rings is 2. The van der Waals surface area contributed by atoms with Gasteiger partial charge < -0.3 is 11.1 Å². The lowest BCUT2D eigenvalue weighted by atomic mass is 10.00. The Morgan fingerprint density at radius 2 is 1.76 bits per heavy atom. The zero-order valence-corrected chi connectivity index (χ0v) is 17.1. The molecular weight excluding hydrogens is 382 g/mol. The molecule has 1 atom stereocenters. The molecule has 2 aromatic carbocycles. The molecule has 1 aliphatic rings. The second kappa shape index (κ2) is 8.64. The Hall–Kier alpha value is -2.89. The second-order valence-corrected chi connectivity index (χ2v) is 7.51. The summed E-state index contributed by atoms with van der Waals surface area (Å²) >= 11 is 6.18. The number of nitrogens with two attached hydrogens (primary N) is 1. The molecular formula is C23H24ClN5. The lowest BCUT2D eigenvalue weighted by Crippen LogP contribution is -2.39. The highest BCUT2D eigenvalue weighted by molar-refractivity contribution is 6.30. The van der Waals surface area contributed by atoms with Crippen LogP contribution in [-0.4, -0.2) is 34.1 Å². The van der Waals surface area contributed by atoms with Crippen molar-refractivity contribution in [1.82, 2.24) is 14.9 Å². The summed E-state index contributed by atoms with van der Waals surface area (Å²) < 4.78 is 0. The number of anilines is 2. The van der Waals surface area contributed by atoms with Crippen LogP contribution in [0.3, 0.4) is 0 Å². The van der Waals surface area contributed by atoms with Crippen LogP contribution in [0.15, 0.2) is 66.9 Å². The van der Waals surface area contributed by atoms with Crippen molar-refractivity contribution < 1.29 is 0 Å². The summed E-state index contributed by atoms with van der Waals surface area (Å²) in [5.41, 5.74) is 10.0. The van der Waals surface area contributed by atoms with Gasteiger partial charge in [0.05, 0.1) is 6.17 Å². The maximum absolute atomic E-state index is 6.18. The van der Waals surface area contributed by atoms with Crippen molar-refractivity contribution in [2.45, 2.75) is 19.5 Å². The van der Waals surface area contributed by atoms with Gasteiger partial charge in [-0.2, -0.15) is 4.98 Å². The van der Waals surface area contributed by atoms with Crippen LogP contribution in [0.25, 0.3) is 22.3 Å². The van der Waals surface area contributed by atoms with Crippen molar-refractivity contribution in [3.63, 3.8) is 0 Å². The van der Waals surface area contributed by atoms with E-state index in [1.54, 1.807) is 6.20 Å². The van der Waals surface area contributed by atoms with E-state index in [4.69, 9.17) is 17.3 Å². The number of nitrogens with zero attached hydrogens (tertiary/aromatic N) is 3. The molecule has 29 heavy (non-hydrogen) atoms. The van der Waals surface area contributed by atoms with Crippen LogP contribution in [0.1, 0.15) is 13.3 Å². The Balaban J connectivity index is 1.69. The molecule has 0 amide bonds. The molecule has 5 nitrogen and oxygen atoms in total. The number of nitrogens with one attached hydrogen (secondary N) is 1. The van der Waals surface area contributed by atoms with E-state index in [1.165, 1.54) is 0 Å². The van der Waals surface area contributed by atoms with Crippen LogP contribution < -0.4 is 11.1 Å². The first kappa shape index (κ1) is 19.4. The molecule has 0 fully saturated rings. The molecule has 0 saturated heterocycles. The van der Waals surface area contributed by atoms with Crippen LogP contribution in [-0.2, 0) is 0 Å². The highest BCUT2D eigenvalue weighted by Gasteiger charge is 2.20. The maximum Gasteiger partial charge on any atom is 0.221 e. The van der Waals surface area contributed by atoms with Crippen LogP contribution in [0.5, 0.6) is 0 Å². The molecule has 1 aliphatic heterocycles. The van der Waals surface area contributed by atoms with Crippen LogP contribution in [0.4, 0.5) is 11.8 Å². The Morgan fingerprint density at radius 1 is 1.07 bits per heavy atom. The molecule has 2 heterocycles. The maximum atomic E-state index is 6.18. The Morgan fingerprint density at radius 3 is 2.48 bits per heavy atom. The highest BCUT2D eigenvalue weighted by atomic mass is 35.5. The third kappa shape index (κ3) is 4.42. The van der Waals surface area contributed by atoms with Crippen molar-refractivity contribution in [2.24, 2.45) is 0 Å².